The molecule has 0 saturated heterocycles. The van der Waals surface area contributed by atoms with Crippen LogP contribution in [0.2, 0.25) is 0 Å². The van der Waals surface area contributed by atoms with Crippen molar-refractivity contribution in [2.24, 2.45) is 0 Å². The molecule has 1 atom stereocenters. The molecule has 1 heterocycles. The van der Waals surface area contributed by atoms with Gasteiger partial charge in [0.1, 0.15) is 30.0 Å². The number of furan rings is 1. The van der Waals surface area contributed by atoms with E-state index >= 15 is 0 Å². The third-order valence-electron chi connectivity index (χ3n) is 2.29. The minimum atomic E-state index is -0.944. The molecule has 1 aromatic carbocycles. The Balaban J connectivity index is 2.24. The molecule has 2 aromatic rings. The maximum atomic E-state index is 12.7. The quantitative estimate of drug-likeness (QED) is 0.835. The van der Waals surface area contributed by atoms with Crippen LogP contribution in [0.1, 0.15) is 23.2 Å². The van der Waals surface area contributed by atoms with Crippen LogP contribution in [0.5, 0.6) is 0 Å². The molecule has 2 N–H and O–H groups in total. The van der Waals surface area contributed by atoms with Crippen LogP contribution >= 0.6 is 0 Å². The van der Waals surface area contributed by atoms with Crippen LogP contribution in [0.15, 0.2) is 40.8 Å². The highest BCUT2D eigenvalue weighted by Gasteiger charge is 2.14. The maximum absolute atomic E-state index is 12.7. The molecule has 0 amide bonds. The van der Waals surface area contributed by atoms with Crippen molar-refractivity contribution in [2.75, 3.05) is 0 Å². The topological polar surface area (TPSA) is 53.6 Å². The first-order valence-electron chi connectivity index (χ1n) is 4.83. The van der Waals surface area contributed by atoms with Gasteiger partial charge < -0.3 is 14.6 Å². The van der Waals surface area contributed by atoms with Crippen molar-refractivity contribution in [3.8, 4) is 0 Å². The molecule has 0 aliphatic heterocycles. The van der Waals surface area contributed by atoms with Crippen LogP contribution in [0.3, 0.4) is 0 Å². The Bertz CT molecular complexity index is 461. The van der Waals surface area contributed by atoms with Crippen LogP contribution in [-0.4, -0.2) is 10.2 Å². The van der Waals surface area contributed by atoms with Gasteiger partial charge in [0, 0.05) is 0 Å². The van der Waals surface area contributed by atoms with Crippen molar-refractivity contribution < 1.29 is 19.0 Å². The third-order valence-corrected chi connectivity index (χ3v) is 2.29. The van der Waals surface area contributed by atoms with Crippen LogP contribution in [-0.2, 0) is 6.61 Å². The number of hydrogen-bond donors (Lipinski definition) is 2. The Morgan fingerprint density at radius 2 is 1.81 bits per heavy atom. The van der Waals surface area contributed by atoms with Gasteiger partial charge in [-0.25, -0.2) is 4.39 Å². The molecule has 0 aliphatic rings. The highest BCUT2D eigenvalue weighted by molar-refractivity contribution is 5.25. The highest BCUT2D eigenvalue weighted by atomic mass is 19.1. The summed E-state index contributed by atoms with van der Waals surface area (Å²) in [6, 6.07) is 8.69. The molecular weight excluding hydrogens is 211 g/mol. The van der Waals surface area contributed by atoms with E-state index in [4.69, 9.17) is 9.52 Å². The Labute approximate surface area is 91.8 Å². The van der Waals surface area contributed by atoms with E-state index in [1.807, 2.05) is 0 Å². The molecule has 1 aromatic heterocycles. The lowest BCUT2D eigenvalue weighted by molar-refractivity contribution is 0.176. The zero-order valence-electron chi connectivity index (χ0n) is 8.43. The van der Waals surface area contributed by atoms with Gasteiger partial charge in [-0.15, -0.1) is 0 Å². The lowest BCUT2D eigenvalue weighted by Gasteiger charge is -2.07. The van der Waals surface area contributed by atoms with Gasteiger partial charge in [-0.1, -0.05) is 12.1 Å². The minimum absolute atomic E-state index is 0.212. The highest BCUT2D eigenvalue weighted by Crippen LogP contribution is 2.23. The fourth-order valence-corrected chi connectivity index (χ4v) is 1.44. The summed E-state index contributed by atoms with van der Waals surface area (Å²) < 4.78 is 17.9. The maximum Gasteiger partial charge on any atom is 0.137 e. The fraction of sp³-hybridized carbons (Fsp3) is 0.167. The van der Waals surface area contributed by atoms with Gasteiger partial charge in [0.2, 0.25) is 0 Å². The van der Waals surface area contributed by atoms with Crippen molar-refractivity contribution in [3.05, 3.63) is 59.3 Å². The van der Waals surface area contributed by atoms with E-state index in [1.54, 1.807) is 12.1 Å². The first-order valence-corrected chi connectivity index (χ1v) is 4.83. The Morgan fingerprint density at radius 3 is 2.38 bits per heavy atom. The van der Waals surface area contributed by atoms with Crippen molar-refractivity contribution in [2.45, 2.75) is 12.7 Å². The average molecular weight is 222 g/mol. The van der Waals surface area contributed by atoms with E-state index < -0.39 is 6.10 Å². The van der Waals surface area contributed by atoms with Gasteiger partial charge in [-0.2, -0.15) is 0 Å². The van der Waals surface area contributed by atoms with Crippen molar-refractivity contribution >= 4 is 0 Å². The zero-order valence-corrected chi connectivity index (χ0v) is 8.43. The molecule has 3 nitrogen and oxygen atoms in total. The summed E-state index contributed by atoms with van der Waals surface area (Å²) in [6.07, 6.45) is -0.944. The molecule has 16 heavy (non-hydrogen) atoms. The first-order chi connectivity index (χ1) is 7.70. The van der Waals surface area contributed by atoms with Gasteiger partial charge in [0.25, 0.3) is 0 Å². The summed E-state index contributed by atoms with van der Waals surface area (Å²) in [7, 11) is 0. The van der Waals surface area contributed by atoms with E-state index in [2.05, 4.69) is 0 Å². The smallest absolute Gasteiger partial charge is 0.137 e. The lowest BCUT2D eigenvalue weighted by Crippen LogP contribution is -1.97. The van der Waals surface area contributed by atoms with Gasteiger partial charge in [-0.05, 0) is 29.8 Å². The molecule has 84 valence electrons. The summed E-state index contributed by atoms with van der Waals surface area (Å²) in [5.74, 6) is 0.360. The van der Waals surface area contributed by atoms with Gasteiger partial charge >= 0.3 is 0 Å². The van der Waals surface area contributed by atoms with Crippen LogP contribution in [0.25, 0.3) is 0 Å². The second-order valence-corrected chi connectivity index (χ2v) is 3.42. The summed E-state index contributed by atoms with van der Waals surface area (Å²) in [5, 5.41) is 18.7. The van der Waals surface area contributed by atoms with Crippen LogP contribution in [0, 0.1) is 5.82 Å². The van der Waals surface area contributed by atoms with E-state index in [9.17, 15) is 9.50 Å². The number of halogens is 1. The van der Waals surface area contributed by atoms with Crippen molar-refractivity contribution in [1.82, 2.24) is 0 Å². The number of benzene rings is 1. The summed E-state index contributed by atoms with van der Waals surface area (Å²) >= 11 is 0. The molecular formula is C12H11FO3. The second-order valence-electron chi connectivity index (χ2n) is 3.42. The van der Waals surface area contributed by atoms with Gasteiger partial charge in [0.15, 0.2) is 0 Å². The normalized spacial score (nSPS) is 12.7. The van der Waals surface area contributed by atoms with Crippen LogP contribution < -0.4 is 0 Å². The van der Waals surface area contributed by atoms with Gasteiger partial charge in [-0.3, -0.25) is 0 Å². The monoisotopic (exact) mass is 222 g/mol. The first kappa shape index (κ1) is 10.9. The number of hydrogen-bond acceptors (Lipinski definition) is 3. The summed E-state index contributed by atoms with van der Waals surface area (Å²) in [4.78, 5) is 0. The molecule has 0 saturated carbocycles. The molecule has 1 unspecified atom stereocenters. The zero-order chi connectivity index (χ0) is 11.5. The molecule has 4 heteroatoms. The second kappa shape index (κ2) is 4.47. The summed E-state index contributed by atoms with van der Waals surface area (Å²) in [6.45, 7) is -0.212. The SMILES string of the molecule is OCc1ccc(C(O)c2ccc(F)cc2)o1. The Hall–Kier alpha value is -1.65. The number of aliphatic hydroxyl groups excluding tert-OH is 2. The van der Waals surface area contributed by atoms with Crippen molar-refractivity contribution in [1.29, 1.82) is 0 Å². The van der Waals surface area contributed by atoms with E-state index in [0.717, 1.165) is 0 Å². The van der Waals surface area contributed by atoms with E-state index in [-0.39, 0.29) is 12.4 Å². The number of rotatable bonds is 3. The molecule has 0 bridgehead atoms. The van der Waals surface area contributed by atoms with E-state index in [0.29, 0.717) is 17.1 Å². The van der Waals surface area contributed by atoms with E-state index in [1.165, 1.54) is 24.3 Å². The molecule has 0 spiro atoms. The molecule has 0 radical (unpaired) electrons. The summed E-state index contributed by atoms with van der Waals surface area (Å²) in [5.41, 5.74) is 0.542. The van der Waals surface area contributed by atoms with Crippen molar-refractivity contribution in [3.63, 3.8) is 0 Å². The molecule has 2 rings (SSSR count). The molecule has 0 aliphatic carbocycles. The lowest BCUT2D eigenvalue weighted by atomic mass is 10.1. The van der Waals surface area contributed by atoms with Crippen LogP contribution in [0.4, 0.5) is 4.39 Å². The number of aliphatic hydroxyl groups is 2. The average Bonchev–Trinajstić information content (AvgIpc) is 2.77. The predicted molar refractivity (Wildman–Crippen MR) is 55.1 cm³/mol. The third kappa shape index (κ3) is 2.13. The fourth-order valence-electron chi connectivity index (χ4n) is 1.44. The molecule has 0 fully saturated rings. The Morgan fingerprint density at radius 1 is 1.12 bits per heavy atom. The largest absolute Gasteiger partial charge is 0.460 e. The standard InChI is InChI=1S/C12H11FO3/c13-9-3-1-8(2-4-9)12(15)11-6-5-10(7-14)16-11/h1-6,12,14-15H,7H2. The minimum Gasteiger partial charge on any atom is -0.460 e. The van der Waals surface area contributed by atoms with Gasteiger partial charge in [0.05, 0.1) is 0 Å². The Kier molecular flexibility index (Phi) is 3.03. The predicted octanol–water partition coefficient (Wildman–Crippen LogP) is 1.99.